The van der Waals surface area contributed by atoms with Gasteiger partial charge in [-0.05, 0) is 40.6 Å². The molecule has 1 aromatic heterocycles. The van der Waals surface area contributed by atoms with Crippen molar-refractivity contribution in [3.63, 3.8) is 0 Å². The van der Waals surface area contributed by atoms with E-state index in [9.17, 15) is 18.0 Å². The van der Waals surface area contributed by atoms with Crippen LogP contribution < -0.4 is 10.1 Å². The molecular weight excluding hydrogens is 511 g/mol. The Balaban J connectivity index is 0.00000380. The minimum Gasteiger partial charge on any atom is -0.496 e. The summed E-state index contributed by atoms with van der Waals surface area (Å²) in [6.07, 6.45) is -3.98. The maximum atomic E-state index is 13.3. The van der Waals surface area contributed by atoms with Crippen LogP contribution in [-0.2, 0) is 12.7 Å². The Morgan fingerprint density at radius 1 is 1.19 bits per heavy atom. The third kappa shape index (κ3) is 6.31. The number of amides is 2. The predicted octanol–water partition coefficient (Wildman–Crippen LogP) is 3.74. The van der Waals surface area contributed by atoms with Gasteiger partial charge in [0.15, 0.2) is 0 Å². The molecule has 4 rings (SSSR count). The van der Waals surface area contributed by atoms with E-state index in [1.165, 1.54) is 13.2 Å². The zero-order valence-corrected chi connectivity index (χ0v) is 21.5. The van der Waals surface area contributed by atoms with Gasteiger partial charge in [-0.3, -0.25) is 0 Å². The molecule has 0 spiro atoms. The standard InChI is InChI=1S/C24H28F3N7O2.ClH/c1-32(2)23(35)33-12-11-20(19(15-33)16-7-5-4-6-8-16)28-14-17-13-18(9-10-21(17)36-3)34-22(24(25,26)27)29-30-31-34;/h4-10,13,19-20,28H,11-12,14-15H2,1-3H3;1H/t19-,20-;/m0./s1. The van der Waals surface area contributed by atoms with Crippen molar-refractivity contribution >= 4 is 18.4 Å². The number of carbonyl (C=O) groups is 1. The van der Waals surface area contributed by atoms with Gasteiger partial charge in [-0.2, -0.15) is 17.9 Å². The zero-order valence-electron chi connectivity index (χ0n) is 20.6. The first kappa shape index (κ1) is 28.2. The Kier molecular flexibility index (Phi) is 8.98. The lowest BCUT2D eigenvalue weighted by atomic mass is 9.86. The van der Waals surface area contributed by atoms with E-state index in [0.717, 1.165) is 5.56 Å². The van der Waals surface area contributed by atoms with Crippen molar-refractivity contribution in [1.29, 1.82) is 0 Å². The van der Waals surface area contributed by atoms with Crippen molar-refractivity contribution in [3.05, 3.63) is 65.5 Å². The maximum Gasteiger partial charge on any atom is 0.453 e. The number of nitrogens with one attached hydrogen (secondary N) is 1. The molecular formula is C24H29ClF3N7O2. The highest BCUT2D eigenvalue weighted by Crippen LogP contribution is 2.31. The molecule has 37 heavy (non-hydrogen) atoms. The third-order valence-electron chi connectivity index (χ3n) is 6.28. The summed E-state index contributed by atoms with van der Waals surface area (Å²) < 4.78 is 46.1. The average Bonchev–Trinajstić information content (AvgIpc) is 3.38. The van der Waals surface area contributed by atoms with Gasteiger partial charge in [-0.25, -0.2) is 4.79 Å². The number of rotatable bonds is 6. The fraction of sp³-hybridized carbons (Fsp3) is 0.417. The number of piperidine rings is 1. The first-order chi connectivity index (χ1) is 17.2. The molecule has 1 saturated heterocycles. The number of aromatic nitrogens is 4. The van der Waals surface area contributed by atoms with Crippen LogP contribution >= 0.6 is 12.4 Å². The number of hydrogen-bond acceptors (Lipinski definition) is 6. The number of alkyl halides is 3. The molecule has 2 atom stereocenters. The molecule has 2 amide bonds. The minimum atomic E-state index is -4.69. The monoisotopic (exact) mass is 539 g/mol. The van der Waals surface area contributed by atoms with E-state index in [1.54, 1.807) is 31.1 Å². The molecule has 1 aliphatic heterocycles. The highest BCUT2D eigenvalue weighted by molar-refractivity contribution is 5.85. The number of likely N-dealkylation sites (tertiary alicyclic amines) is 1. The van der Waals surface area contributed by atoms with Gasteiger partial charge >= 0.3 is 12.2 Å². The third-order valence-corrected chi connectivity index (χ3v) is 6.28. The summed E-state index contributed by atoms with van der Waals surface area (Å²) in [5, 5.41) is 13.4. The summed E-state index contributed by atoms with van der Waals surface area (Å²) in [6, 6.07) is 14.6. The number of methoxy groups -OCH3 is 1. The smallest absolute Gasteiger partial charge is 0.453 e. The SMILES string of the molecule is COc1ccc(-n2nnnc2C(F)(F)F)cc1CN[C@H]1CCN(C(=O)N(C)C)C[C@H]1c1ccccc1.Cl. The highest BCUT2D eigenvalue weighted by atomic mass is 35.5. The first-order valence-electron chi connectivity index (χ1n) is 11.5. The molecule has 1 aliphatic rings. The molecule has 13 heteroatoms. The van der Waals surface area contributed by atoms with Gasteiger partial charge in [0.05, 0.1) is 12.8 Å². The van der Waals surface area contributed by atoms with Crippen molar-refractivity contribution in [2.75, 3.05) is 34.3 Å². The van der Waals surface area contributed by atoms with Crippen LogP contribution in [0.3, 0.4) is 0 Å². The fourth-order valence-electron chi connectivity index (χ4n) is 4.50. The Morgan fingerprint density at radius 2 is 1.92 bits per heavy atom. The summed E-state index contributed by atoms with van der Waals surface area (Å²) in [5.74, 6) is -0.632. The Bertz CT molecular complexity index is 1190. The Hall–Kier alpha value is -3.38. The molecule has 2 aromatic carbocycles. The van der Waals surface area contributed by atoms with Gasteiger partial charge in [0.25, 0.3) is 5.82 Å². The summed E-state index contributed by atoms with van der Waals surface area (Å²) in [4.78, 5) is 16.0. The van der Waals surface area contributed by atoms with E-state index in [0.29, 0.717) is 42.0 Å². The van der Waals surface area contributed by atoms with Gasteiger partial charge in [0.2, 0.25) is 0 Å². The molecule has 0 saturated carbocycles. The van der Waals surface area contributed by atoms with Crippen LogP contribution in [0.1, 0.15) is 29.3 Å². The number of nitrogens with zero attached hydrogens (tertiary/aromatic N) is 6. The van der Waals surface area contributed by atoms with Crippen molar-refractivity contribution < 1.29 is 22.7 Å². The number of tetrazole rings is 1. The van der Waals surface area contributed by atoms with Gasteiger partial charge in [0.1, 0.15) is 5.75 Å². The summed E-state index contributed by atoms with van der Waals surface area (Å²) >= 11 is 0. The van der Waals surface area contributed by atoms with E-state index in [2.05, 4.69) is 20.8 Å². The van der Waals surface area contributed by atoms with Gasteiger partial charge < -0.3 is 19.9 Å². The number of carbonyl (C=O) groups excluding carboxylic acids is 1. The molecule has 2 heterocycles. The van der Waals surface area contributed by atoms with Crippen molar-refractivity contribution in [2.45, 2.75) is 31.1 Å². The Morgan fingerprint density at radius 3 is 2.57 bits per heavy atom. The highest BCUT2D eigenvalue weighted by Gasteiger charge is 2.38. The van der Waals surface area contributed by atoms with Gasteiger partial charge in [-0.15, -0.1) is 17.5 Å². The molecule has 200 valence electrons. The maximum absolute atomic E-state index is 13.3. The van der Waals surface area contributed by atoms with Gasteiger partial charge in [-0.1, -0.05) is 30.3 Å². The largest absolute Gasteiger partial charge is 0.496 e. The van der Waals surface area contributed by atoms with Crippen molar-refractivity contribution in [3.8, 4) is 11.4 Å². The normalized spacial score (nSPS) is 17.7. The van der Waals surface area contributed by atoms with Crippen molar-refractivity contribution in [2.24, 2.45) is 0 Å². The second kappa shape index (κ2) is 11.8. The van der Waals surface area contributed by atoms with Crippen LogP contribution in [0.5, 0.6) is 5.75 Å². The second-order valence-corrected chi connectivity index (χ2v) is 8.82. The number of halogens is 4. The minimum absolute atomic E-state index is 0. The average molecular weight is 540 g/mol. The van der Waals surface area contributed by atoms with Crippen LogP contribution in [0.25, 0.3) is 5.69 Å². The summed E-state index contributed by atoms with van der Waals surface area (Å²) in [7, 11) is 4.98. The first-order valence-corrected chi connectivity index (χ1v) is 11.5. The van der Waals surface area contributed by atoms with E-state index in [4.69, 9.17) is 4.74 Å². The molecule has 9 nitrogen and oxygen atoms in total. The number of ether oxygens (including phenoxy) is 1. The van der Waals surface area contributed by atoms with Crippen LogP contribution in [0.2, 0.25) is 0 Å². The lowest BCUT2D eigenvalue weighted by Gasteiger charge is -2.40. The number of urea groups is 1. The molecule has 0 bridgehead atoms. The topological polar surface area (TPSA) is 88.4 Å². The molecule has 3 aromatic rings. The molecule has 0 radical (unpaired) electrons. The lowest BCUT2D eigenvalue weighted by Crippen LogP contribution is -2.52. The van der Waals surface area contributed by atoms with Crippen molar-refractivity contribution in [1.82, 2.24) is 35.3 Å². The quantitative estimate of drug-likeness (QED) is 0.513. The predicted molar refractivity (Wildman–Crippen MR) is 133 cm³/mol. The summed E-state index contributed by atoms with van der Waals surface area (Å²) in [6.45, 7) is 1.49. The molecule has 0 unspecified atom stereocenters. The van der Waals surface area contributed by atoms with Crippen LogP contribution in [0, 0.1) is 0 Å². The van der Waals surface area contributed by atoms with Gasteiger partial charge in [0, 0.05) is 51.3 Å². The summed E-state index contributed by atoms with van der Waals surface area (Å²) in [5.41, 5.74) is 1.95. The van der Waals surface area contributed by atoms with Crippen LogP contribution in [-0.4, -0.2) is 76.4 Å². The van der Waals surface area contributed by atoms with Crippen LogP contribution in [0.15, 0.2) is 48.5 Å². The molecule has 1 fully saturated rings. The zero-order chi connectivity index (χ0) is 25.9. The fourth-order valence-corrected chi connectivity index (χ4v) is 4.50. The van der Waals surface area contributed by atoms with Crippen LogP contribution in [0.4, 0.5) is 18.0 Å². The molecule has 0 aliphatic carbocycles. The van der Waals surface area contributed by atoms with E-state index >= 15 is 0 Å². The number of benzene rings is 2. The Labute approximate surface area is 219 Å². The number of hydrogen-bond donors (Lipinski definition) is 1. The van der Waals surface area contributed by atoms with E-state index in [1.807, 2.05) is 35.2 Å². The second-order valence-electron chi connectivity index (χ2n) is 8.82. The van der Waals surface area contributed by atoms with E-state index in [-0.39, 0.29) is 36.1 Å². The molecule has 1 N–H and O–H groups in total. The van der Waals surface area contributed by atoms with E-state index < -0.39 is 12.0 Å². The lowest BCUT2D eigenvalue weighted by molar-refractivity contribution is -0.146.